The van der Waals surface area contributed by atoms with E-state index < -0.39 is 11.6 Å². The largest absolute Gasteiger partial charge is 0.489 e. The normalized spacial score (nSPS) is 14.2. The summed E-state index contributed by atoms with van der Waals surface area (Å²) in [5.41, 5.74) is 2.38. The lowest BCUT2D eigenvalue weighted by Gasteiger charge is -2.36. The van der Waals surface area contributed by atoms with Gasteiger partial charge < -0.3 is 19.9 Å². The average molecular weight is 375 g/mol. The molecule has 1 N–H and O–H groups in total. The zero-order valence-electron chi connectivity index (χ0n) is 15.3. The Morgan fingerprint density at radius 1 is 1.11 bits per heavy atom. The van der Waals surface area contributed by atoms with Gasteiger partial charge in [0.1, 0.15) is 12.4 Å². The fourth-order valence-corrected chi connectivity index (χ4v) is 3.02. The van der Waals surface area contributed by atoms with Gasteiger partial charge in [-0.2, -0.15) is 0 Å². The molecule has 0 aromatic heterocycles. The van der Waals surface area contributed by atoms with Crippen LogP contribution in [-0.2, 0) is 0 Å². The molecular weight excluding hydrogens is 352 g/mol. The highest BCUT2D eigenvalue weighted by Gasteiger charge is 2.21. The summed E-state index contributed by atoms with van der Waals surface area (Å²) >= 11 is 0. The van der Waals surface area contributed by atoms with E-state index in [4.69, 9.17) is 4.74 Å². The van der Waals surface area contributed by atoms with Crippen LogP contribution >= 0.6 is 0 Å². The molecule has 0 unspecified atom stereocenters. The van der Waals surface area contributed by atoms with Crippen LogP contribution in [0.2, 0.25) is 0 Å². The molecule has 0 saturated carbocycles. The summed E-state index contributed by atoms with van der Waals surface area (Å²) in [4.78, 5) is 16.3. The fraction of sp³-hybridized carbons (Fsp3) is 0.350. The van der Waals surface area contributed by atoms with Crippen molar-refractivity contribution in [3.63, 3.8) is 0 Å². The SMILES string of the molecule is Cc1cccc(N2CCN(C(=O)NCCOc3ccc(F)cc3F)CC2)c1. The molecule has 1 aliphatic heterocycles. The van der Waals surface area contributed by atoms with Gasteiger partial charge in [0.15, 0.2) is 11.6 Å². The van der Waals surface area contributed by atoms with E-state index in [-0.39, 0.29) is 24.9 Å². The van der Waals surface area contributed by atoms with Gasteiger partial charge in [0, 0.05) is 37.9 Å². The van der Waals surface area contributed by atoms with Crippen molar-refractivity contribution in [2.45, 2.75) is 6.92 Å². The Labute approximate surface area is 157 Å². The molecule has 7 heteroatoms. The van der Waals surface area contributed by atoms with Gasteiger partial charge in [-0.1, -0.05) is 12.1 Å². The molecule has 1 fully saturated rings. The number of hydrogen-bond donors (Lipinski definition) is 1. The maximum atomic E-state index is 13.5. The maximum absolute atomic E-state index is 13.5. The highest BCUT2D eigenvalue weighted by Crippen LogP contribution is 2.18. The van der Waals surface area contributed by atoms with E-state index in [1.807, 2.05) is 6.07 Å². The van der Waals surface area contributed by atoms with Crippen LogP contribution in [0, 0.1) is 18.6 Å². The van der Waals surface area contributed by atoms with Crippen molar-refractivity contribution < 1.29 is 18.3 Å². The van der Waals surface area contributed by atoms with Crippen molar-refractivity contribution in [1.82, 2.24) is 10.2 Å². The Balaban J connectivity index is 1.39. The van der Waals surface area contributed by atoms with E-state index in [0.29, 0.717) is 13.1 Å². The third-order valence-electron chi connectivity index (χ3n) is 4.46. The smallest absolute Gasteiger partial charge is 0.317 e. The molecule has 2 aromatic rings. The van der Waals surface area contributed by atoms with Gasteiger partial charge in [-0.25, -0.2) is 13.6 Å². The van der Waals surface area contributed by atoms with Crippen LogP contribution in [-0.4, -0.2) is 50.3 Å². The van der Waals surface area contributed by atoms with Gasteiger partial charge in [0.25, 0.3) is 0 Å². The van der Waals surface area contributed by atoms with Crippen LogP contribution < -0.4 is 15.0 Å². The van der Waals surface area contributed by atoms with Crippen LogP contribution in [0.4, 0.5) is 19.3 Å². The number of piperazine rings is 1. The molecule has 0 spiro atoms. The summed E-state index contributed by atoms with van der Waals surface area (Å²) in [6.45, 7) is 5.22. The van der Waals surface area contributed by atoms with Crippen LogP contribution in [0.5, 0.6) is 5.75 Å². The number of amides is 2. The highest BCUT2D eigenvalue weighted by atomic mass is 19.1. The summed E-state index contributed by atoms with van der Waals surface area (Å²) < 4.78 is 31.5. The highest BCUT2D eigenvalue weighted by molar-refractivity contribution is 5.74. The summed E-state index contributed by atoms with van der Waals surface area (Å²) in [6, 6.07) is 11.3. The quantitative estimate of drug-likeness (QED) is 0.817. The zero-order valence-corrected chi connectivity index (χ0v) is 15.3. The topological polar surface area (TPSA) is 44.8 Å². The fourth-order valence-electron chi connectivity index (χ4n) is 3.02. The van der Waals surface area contributed by atoms with Crippen LogP contribution in [0.25, 0.3) is 0 Å². The van der Waals surface area contributed by atoms with Crippen molar-refractivity contribution in [2.24, 2.45) is 0 Å². The molecule has 0 aliphatic carbocycles. The molecule has 0 atom stereocenters. The number of urea groups is 1. The number of aryl methyl sites for hydroxylation is 1. The summed E-state index contributed by atoms with van der Waals surface area (Å²) in [5, 5.41) is 2.76. The number of hydrogen-bond acceptors (Lipinski definition) is 3. The Kier molecular flexibility index (Phi) is 6.11. The standard InChI is InChI=1S/C20H23F2N3O2/c1-15-3-2-4-17(13-15)24-8-10-25(11-9-24)20(26)23-7-12-27-19-6-5-16(21)14-18(19)22/h2-6,13-14H,7-12H2,1H3,(H,23,26). The third-order valence-corrected chi connectivity index (χ3v) is 4.46. The number of anilines is 1. The van der Waals surface area contributed by atoms with Crippen molar-refractivity contribution in [3.8, 4) is 5.75 Å². The second-order valence-corrected chi connectivity index (χ2v) is 6.47. The van der Waals surface area contributed by atoms with Crippen molar-refractivity contribution in [2.75, 3.05) is 44.2 Å². The number of rotatable bonds is 5. The van der Waals surface area contributed by atoms with E-state index in [9.17, 15) is 13.6 Å². The van der Waals surface area contributed by atoms with E-state index in [2.05, 4.69) is 35.3 Å². The molecule has 3 rings (SSSR count). The number of carbonyl (C=O) groups is 1. The molecular formula is C20H23F2N3O2. The molecule has 0 radical (unpaired) electrons. The van der Waals surface area contributed by atoms with E-state index in [1.54, 1.807) is 4.90 Å². The second kappa shape index (κ2) is 8.70. The molecule has 5 nitrogen and oxygen atoms in total. The molecule has 27 heavy (non-hydrogen) atoms. The van der Waals surface area contributed by atoms with E-state index in [0.717, 1.165) is 25.2 Å². The monoisotopic (exact) mass is 375 g/mol. The molecule has 144 valence electrons. The molecule has 1 saturated heterocycles. The van der Waals surface area contributed by atoms with Gasteiger partial charge in [-0.3, -0.25) is 0 Å². The van der Waals surface area contributed by atoms with Crippen LogP contribution in [0.3, 0.4) is 0 Å². The second-order valence-electron chi connectivity index (χ2n) is 6.47. The number of carbonyl (C=O) groups excluding carboxylic acids is 1. The number of nitrogens with zero attached hydrogens (tertiary/aromatic N) is 2. The number of nitrogens with one attached hydrogen (secondary N) is 1. The minimum absolute atomic E-state index is 0.0302. The zero-order chi connectivity index (χ0) is 19.2. The first-order chi connectivity index (χ1) is 13.0. The minimum Gasteiger partial charge on any atom is -0.489 e. The minimum atomic E-state index is -0.756. The van der Waals surface area contributed by atoms with Crippen molar-refractivity contribution in [3.05, 3.63) is 59.7 Å². The van der Waals surface area contributed by atoms with E-state index in [1.165, 1.54) is 17.3 Å². The predicted octanol–water partition coefficient (Wildman–Crippen LogP) is 3.18. The Morgan fingerprint density at radius 2 is 1.89 bits per heavy atom. The number of ether oxygens (including phenoxy) is 1. The molecule has 2 amide bonds. The Bertz CT molecular complexity index is 793. The lowest BCUT2D eigenvalue weighted by Crippen LogP contribution is -2.52. The van der Waals surface area contributed by atoms with Crippen molar-refractivity contribution >= 4 is 11.7 Å². The van der Waals surface area contributed by atoms with Crippen LogP contribution in [0.1, 0.15) is 5.56 Å². The van der Waals surface area contributed by atoms with Crippen molar-refractivity contribution in [1.29, 1.82) is 0 Å². The van der Waals surface area contributed by atoms with E-state index >= 15 is 0 Å². The van der Waals surface area contributed by atoms with Gasteiger partial charge in [-0.05, 0) is 36.8 Å². The number of benzene rings is 2. The molecule has 1 aliphatic rings. The van der Waals surface area contributed by atoms with Gasteiger partial charge in [0.05, 0.1) is 6.54 Å². The third kappa shape index (κ3) is 5.09. The summed E-state index contributed by atoms with van der Waals surface area (Å²) in [7, 11) is 0. The maximum Gasteiger partial charge on any atom is 0.317 e. The predicted molar refractivity (Wildman–Crippen MR) is 100 cm³/mol. The lowest BCUT2D eigenvalue weighted by molar-refractivity contribution is 0.191. The first-order valence-electron chi connectivity index (χ1n) is 8.95. The average Bonchev–Trinajstić information content (AvgIpc) is 2.66. The van der Waals surface area contributed by atoms with Gasteiger partial charge in [0.2, 0.25) is 0 Å². The Morgan fingerprint density at radius 3 is 2.59 bits per heavy atom. The number of halogens is 2. The summed E-state index contributed by atoms with van der Waals surface area (Å²) in [6.07, 6.45) is 0. The Hall–Kier alpha value is -2.83. The molecule has 1 heterocycles. The lowest BCUT2D eigenvalue weighted by atomic mass is 10.2. The first-order valence-corrected chi connectivity index (χ1v) is 8.95. The van der Waals surface area contributed by atoms with Gasteiger partial charge >= 0.3 is 6.03 Å². The molecule has 0 bridgehead atoms. The first kappa shape index (κ1) is 18.9. The summed E-state index contributed by atoms with van der Waals surface area (Å²) in [5.74, 6) is -1.44. The van der Waals surface area contributed by atoms with Crippen LogP contribution in [0.15, 0.2) is 42.5 Å². The van der Waals surface area contributed by atoms with Gasteiger partial charge in [-0.15, -0.1) is 0 Å². The molecule has 2 aromatic carbocycles.